The zero-order valence-corrected chi connectivity index (χ0v) is 14.4. The highest BCUT2D eigenvalue weighted by Crippen LogP contribution is 2.16. The van der Waals surface area contributed by atoms with Gasteiger partial charge in [0.1, 0.15) is 11.5 Å². The Balaban J connectivity index is 1.95. The largest absolute Gasteiger partial charge is 0.494 e. The van der Waals surface area contributed by atoms with Crippen molar-refractivity contribution in [3.05, 3.63) is 59.7 Å². The minimum atomic E-state index is -0.546. The van der Waals surface area contributed by atoms with Gasteiger partial charge in [-0.05, 0) is 48.9 Å². The standard InChI is InChI=1S/C19H22N2O4/c1-3-24-16-8-4-14(5-9-16)12-21(2)19(23)15-6-10-17(11-7-15)25-13-18(20)22/h4-11H,3,12-13H2,1-2H3,(H2,20,22). The third-order valence-corrected chi connectivity index (χ3v) is 3.48. The summed E-state index contributed by atoms with van der Waals surface area (Å²) in [6.45, 7) is 2.86. The summed E-state index contributed by atoms with van der Waals surface area (Å²) in [6, 6.07) is 14.3. The molecule has 25 heavy (non-hydrogen) atoms. The molecule has 2 aromatic carbocycles. The second-order valence-electron chi connectivity index (χ2n) is 5.52. The Morgan fingerprint density at radius 3 is 2.08 bits per heavy atom. The molecule has 0 atom stereocenters. The number of hydrogen-bond donors (Lipinski definition) is 1. The van der Waals surface area contributed by atoms with E-state index in [9.17, 15) is 9.59 Å². The van der Waals surface area contributed by atoms with E-state index in [1.807, 2.05) is 31.2 Å². The van der Waals surface area contributed by atoms with Crippen molar-refractivity contribution in [1.82, 2.24) is 4.90 Å². The predicted molar refractivity (Wildman–Crippen MR) is 94.5 cm³/mol. The summed E-state index contributed by atoms with van der Waals surface area (Å²) < 4.78 is 10.6. The molecule has 2 N–H and O–H groups in total. The van der Waals surface area contributed by atoms with Crippen molar-refractivity contribution < 1.29 is 19.1 Å². The highest BCUT2D eigenvalue weighted by molar-refractivity contribution is 5.94. The molecule has 0 aliphatic heterocycles. The van der Waals surface area contributed by atoms with Crippen LogP contribution in [0.15, 0.2) is 48.5 Å². The smallest absolute Gasteiger partial charge is 0.255 e. The molecule has 6 nitrogen and oxygen atoms in total. The summed E-state index contributed by atoms with van der Waals surface area (Å²) in [5.74, 6) is 0.655. The molecule has 0 bridgehead atoms. The van der Waals surface area contributed by atoms with Crippen molar-refractivity contribution in [2.75, 3.05) is 20.3 Å². The normalized spacial score (nSPS) is 10.2. The van der Waals surface area contributed by atoms with E-state index in [1.165, 1.54) is 0 Å². The van der Waals surface area contributed by atoms with E-state index >= 15 is 0 Å². The Morgan fingerprint density at radius 1 is 0.960 bits per heavy atom. The first-order chi connectivity index (χ1) is 12.0. The van der Waals surface area contributed by atoms with Gasteiger partial charge >= 0.3 is 0 Å². The number of nitrogens with two attached hydrogens (primary N) is 1. The molecule has 2 rings (SSSR count). The quantitative estimate of drug-likeness (QED) is 0.797. The maximum Gasteiger partial charge on any atom is 0.255 e. The molecule has 0 saturated heterocycles. The van der Waals surface area contributed by atoms with E-state index in [2.05, 4.69) is 0 Å². The van der Waals surface area contributed by atoms with Crippen molar-refractivity contribution in [3.63, 3.8) is 0 Å². The van der Waals surface area contributed by atoms with Crippen LogP contribution in [0, 0.1) is 0 Å². The Morgan fingerprint density at radius 2 is 1.52 bits per heavy atom. The number of benzene rings is 2. The van der Waals surface area contributed by atoms with Crippen LogP contribution in [-0.4, -0.2) is 37.0 Å². The maximum atomic E-state index is 12.5. The summed E-state index contributed by atoms with van der Waals surface area (Å²) in [7, 11) is 1.75. The van der Waals surface area contributed by atoms with Crippen LogP contribution in [-0.2, 0) is 11.3 Å². The van der Waals surface area contributed by atoms with Gasteiger partial charge in [-0.25, -0.2) is 0 Å². The van der Waals surface area contributed by atoms with Gasteiger partial charge in [-0.2, -0.15) is 0 Å². The fourth-order valence-electron chi connectivity index (χ4n) is 2.27. The van der Waals surface area contributed by atoms with Gasteiger partial charge in [-0.3, -0.25) is 9.59 Å². The molecule has 0 radical (unpaired) electrons. The molecule has 0 aromatic heterocycles. The second-order valence-corrected chi connectivity index (χ2v) is 5.52. The predicted octanol–water partition coefficient (Wildman–Crippen LogP) is 2.22. The first kappa shape index (κ1) is 18.3. The number of ether oxygens (including phenoxy) is 2. The van der Waals surface area contributed by atoms with Crippen LogP contribution in [0.3, 0.4) is 0 Å². The summed E-state index contributed by atoms with van der Waals surface area (Å²) in [5, 5.41) is 0. The van der Waals surface area contributed by atoms with Gasteiger partial charge in [0.25, 0.3) is 11.8 Å². The minimum Gasteiger partial charge on any atom is -0.494 e. The molecule has 0 spiro atoms. The molecule has 0 aliphatic carbocycles. The van der Waals surface area contributed by atoms with E-state index in [1.54, 1.807) is 36.2 Å². The molecule has 0 aliphatic rings. The van der Waals surface area contributed by atoms with Crippen molar-refractivity contribution in [2.24, 2.45) is 5.73 Å². The summed E-state index contributed by atoms with van der Waals surface area (Å²) >= 11 is 0. The van der Waals surface area contributed by atoms with Crippen LogP contribution in [0.25, 0.3) is 0 Å². The van der Waals surface area contributed by atoms with Crippen LogP contribution < -0.4 is 15.2 Å². The number of hydrogen-bond acceptors (Lipinski definition) is 4. The fraction of sp³-hybridized carbons (Fsp3) is 0.263. The van der Waals surface area contributed by atoms with Crippen LogP contribution >= 0.6 is 0 Å². The van der Waals surface area contributed by atoms with Gasteiger partial charge in [0, 0.05) is 19.2 Å². The van der Waals surface area contributed by atoms with E-state index in [0.717, 1.165) is 11.3 Å². The second kappa shape index (κ2) is 8.73. The molecule has 0 heterocycles. The Labute approximate surface area is 147 Å². The summed E-state index contributed by atoms with van der Waals surface area (Å²) in [6.07, 6.45) is 0. The van der Waals surface area contributed by atoms with Gasteiger partial charge in [-0.15, -0.1) is 0 Å². The van der Waals surface area contributed by atoms with Crippen molar-refractivity contribution >= 4 is 11.8 Å². The first-order valence-electron chi connectivity index (χ1n) is 7.98. The average molecular weight is 342 g/mol. The van der Waals surface area contributed by atoms with Crippen molar-refractivity contribution in [2.45, 2.75) is 13.5 Å². The van der Waals surface area contributed by atoms with Crippen LogP contribution in [0.5, 0.6) is 11.5 Å². The van der Waals surface area contributed by atoms with E-state index < -0.39 is 5.91 Å². The molecule has 132 valence electrons. The lowest BCUT2D eigenvalue weighted by atomic mass is 10.1. The van der Waals surface area contributed by atoms with Gasteiger partial charge in [0.15, 0.2) is 6.61 Å². The molecule has 6 heteroatoms. The number of amides is 2. The van der Waals surface area contributed by atoms with Gasteiger partial charge in [0.2, 0.25) is 0 Å². The third kappa shape index (κ3) is 5.53. The monoisotopic (exact) mass is 342 g/mol. The number of rotatable bonds is 8. The van der Waals surface area contributed by atoms with E-state index in [-0.39, 0.29) is 12.5 Å². The van der Waals surface area contributed by atoms with Crippen LogP contribution in [0.4, 0.5) is 0 Å². The summed E-state index contributed by atoms with van der Waals surface area (Å²) in [4.78, 5) is 24.8. The lowest BCUT2D eigenvalue weighted by molar-refractivity contribution is -0.119. The lowest BCUT2D eigenvalue weighted by Gasteiger charge is -2.18. The third-order valence-electron chi connectivity index (χ3n) is 3.48. The number of carbonyl (C=O) groups excluding carboxylic acids is 2. The minimum absolute atomic E-state index is 0.102. The molecule has 2 amide bonds. The number of primary amides is 1. The van der Waals surface area contributed by atoms with E-state index in [0.29, 0.717) is 24.5 Å². The zero-order valence-electron chi connectivity index (χ0n) is 14.4. The lowest BCUT2D eigenvalue weighted by Crippen LogP contribution is -2.26. The Bertz CT molecular complexity index is 711. The Kier molecular flexibility index (Phi) is 6.39. The van der Waals surface area contributed by atoms with Crippen molar-refractivity contribution in [3.8, 4) is 11.5 Å². The van der Waals surface area contributed by atoms with Crippen molar-refractivity contribution in [1.29, 1.82) is 0 Å². The molecule has 0 saturated carbocycles. The topological polar surface area (TPSA) is 81.9 Å². The first-order valence-corrected chi connectivity index (χ1v) is 7.98. The number of nitrogens with zero attached hydrogens (tertiary/aromatic N) is 1. The highest BCUT2D eigenvalue weighted by Gasteiger charge is 2.12. The molecular formula is C19H22N2O4. The van der Waals surface area contributed by atoms with Crippen LogP contribution in [0.2, 0.25) is 0 Å². The highest BCUT2D eigenvalue weighted by atomic mass is 16.5. The molecule has 2 aromatic rings. The van der Waals surface area contributed by atoms with Gasteiger partial charge in [0.05, 0.1) is 6.61 Å². The van der Waals surface area contributed by atoms with Gasteiger partial charge < -0.3 is 20.1 Å². The summed E-state index contributed by atoms with van der Waals surface area (Å²) in [5.41, 5.74) is 6.58. The van der Waals surface area contributed by atoms with Crippen LogP contribution in [0.1, 0.15) is 22.8 Å². The molecular weight excluding hydrogens is 320 g/mol. The Hall–Kier alpha value is -3.02. The molecule has 0 fully saturated rings. The maximum absolute atomic E-state index is 12.5. The zero-order chi connectivity index (χ0) is 18.2. The fourth-order valence-corrected chi connectivity index (χ4v) is 2.27. The SMILES string of the molecule is CCOc1ccc(CN(C)C(=O)c2ccc(OCC(N)=O)cc2)cc1. The average Bonchev–Trinajstić information content (AvgIpc) is 2.61. The van der Waals surface area contributed by atoms with Gasteiger partial charge in [-0.1, -0.05) is 12.1 Å². The number of carbonyl (C=O) groups is 2. The van der Waals surface area contributed by atoms with E-state index in [4.69, 9.17) is 15.2 Å². The molecule has 0 unspecified atom stereocenters.